The van der Waals surface area contributed by atoms with E-state index in [4.69, 9.17) is 4.74 Å². The van der Waals surface area contributed by atoms with Crippen molar-refractivity contribution in [2.75, 3.05) is 5.32 Å². The van der Waals surface area contributed by atoms with Crippen LogP contribution in [0.3, 0.4) is 0 Å². The minimum absolute atomic E-state index is 0.124. The average molecular weight is 265 g/mol. The van der Waals surface area contributed by atoms with Crippen LogP contribution in [0.1, 0.15) is 33.5 Å². The lowest BCUT2D eigenvalue weighted by atomic mass is 9.89. The van der Waals surface area contributed by atoms with E-state index in [0.717, 1.165) is 16.8 Å². The fraction of sp³-hybridized carbons (Fsp3) is 0.125. The second-order valence-electron chi connectivity index (χ2n) is 4.97. The summed E-state index contributed by atoms with van der Waals surface area (Å²) in [6.45, 7) is 0. The highest BCUT2D eigenvalue weighted by Gasteiger charge is 2.44. The van der Waals surface area contributed by atoms with Crippen molar-refractivity contribution in [3.05, 3.63) is 65.2 Å². The van der Waals surface area contributed by atoms with Crippen molar-refractivity contribution in [2.45, 2.75) is 12.0 Å². The van der Waals surface area contributed by atoms with Crippen molar-refractivity contribution < 1.29 is 14.3 Å². The Bertz CT molecular complexity index is 738. The molecule has 20 heavy (non-hydrogen) atoms. The van der Waals surface area contributed by atoms with Gasteiger partial charge in [0.15, 0.2) is 0 Å². The van der Waals surface area contributed by atoms with Crippen LogP contribution in [0, 0.1) is 0 Å². The van der Waals surface area contributed by atoms with Gasteiger partial charge >= 0.3 is 5.97 Å². The molecule has 4 nitrogen and oxygen atoms in total. The molecule has 2 aromatic rings. The van der Waals surface area contributed by atoms with E-state index in [9.17, 15) is 9.59 Å². The van der Waals surface area contributed by atoms with Crippen LogP contribution >= 0.6 is 0 Å². The van der Waals surface area contributed by atoms with Gasteiger partial charge in [0.2, 0.25) is 5.91 Å². The molecule has 4 heteroatoms. The number of nitrogens with one attached hydrogen (secondary N) is 1. The molecule has 2 aliphatic rings. The monoisotopic (exact) mass is 265 g/mol. The van der Waals surface area contributed by atoms with Crippen LogP contribution in [0.25, 0.3) is 0 Å². The fourth-order valence-corrected chi connectivity index (χ4v) is 2.96. The zero-order valence-electron chi connectivity index (χ0n) is 10.5. The molecule has 2 atom stereocenters. The molecule has 0 radical (unpaired) electrons. The van der Waals surface area contributed by atoms with E-state index in [1.54, 1.807) is 12.1 Å². The summed E-state index contributed by atoms with van der Waals surface area (Å²) >= 11 is 0. The van der Waals surface area contributed by atoms with Crippen LogP contribution in [0.2, 0.25) is 0 Å². The Balaban J connectivity index is 1.84. The maximum absolute atomic E-state index is 12.2. The van der Waals surface area contributed by atoms with Crippen LogP contribution in [-0.2, 0) is 9.53 Å². The standard InChI is InChI=1S/C16H11NO3/c18-15-13(11-7-3-4-8-12(11)17-15)14-9-5-1-2-6-10(9)16(19)20-14/h1-8,13-14H,(H,17,18). The predicted octanol–water partition coefficient (Wildman–Crippen LogP) is 2.63. The second kappa shape index (κ2) is 3.93. The summed E-state index contributed by atoms with van der Waals surface area (Å²) in [6.07, 6.45) is -0.539. The largest absolute Gasteiger partial charge is 0.453 e. The normalized spacial score (nSPS) is 23.0. The zero-order chi connectivity index (χ0) is 13.7. The van der Waals surface area contributed by atoms with Gasteiger partial charge in [-0.1, -0.05) is 36.4 Å². The molecule has 0 aliphatic carbocycles. The van der Waals surface area contributed by atoms with E-state index in [0.29, 0.717) is 5.56 Å². The molecular formula is C16H11NO3. The first kappa shape index (κ1) is 11.2. The number of carbonyl (C=O) groups excluding carboxylic acids is 2. The molecule has 0 bridgehead atoms. The third-order valence-corrected chi connectivity index (χ3v) is 3.86. The molecule has 98 valence electrons. The van der Waals surface area contributed by atoms with Crippen molar-refractivity contribution in [1.29, 1.82) is 0 Å². The summed E-state index contributed by atoms with van der Waals surface area (Å²) in [5.41, 5.74) is 3.01. The first-order chi connectivity index (χ1) is 9.75. The van der Waals surface area contributed by atoms with Gasteiger partial charge in [0, 0.05) is 11.3 Å². The quantitative estimate of drug-likeness (QED) is 0.806. The number of para-hydroxylation sites is 1. The number of esters is 1. The van der Waals surface area contributed by atoms with Crippen LogP contribution in [0.4, 0.5) is 5.69 Å². The van der Waals surface area contributed by atoms with E-state index in [1.165, 1.54) is 0 Å². The fourth-order valence-electron chi connectivity index (χ4n) is 2.96. The molecule has 0 spiro atoms. The van der Waals surface area contributed by atoms with Crippen LogP contribution in [0.5, 0.6) is 0 Å². The third-order valence-electron chi connectivity index (χ3n) is 3.86. The van der Waals surface area contributed by atoms with Gasteiger partial charge in [0.25, 0.3) is 0 Å². The van der Waals surface area contributed by atoms with Gasteiger partial charge in [0.05, 0.1) is 5.56 Å². The number of benzene rings is 2. The summed E-state index contributed by atoms with van der Waals surface area (Å²) in [5, 5.41) is 2.84. The molecule has 0 saturated carbocycles. The Kier molecular flexibility index (Phi) is 2.21. The van der Waals surface area contributed by atoms with Gasteiger partial charge in [-0.15, -0.1) is 0 Å². The minimum Gasteiger partial charge on any atom is -0.453 e. The summed E-state index contributed by atoms with van der Waals surface area (Å²) in [5.74, 6) is -0.956. The van der Waals surface area contributed by atoms with E-state index in [1.807, 2.05) is 36.4 Å². The Morgan fingerprint density at radius 1 is 0.900 bits per heavy atom. The SMILES string of the molecule is O=C1OC(C2C(=O)Nc3ccccc32)c2ccccc21. The Hall–Kier alpha value is -2.62. The number of hydrogen-bond donors (Lipinski definition) is 1. The van der Waals surface area contributed by atoms with Crippen LogP contribution in [0.15, 0.2) is 48.5 Å². The lowest BCUT2D eigenvalue weighted by Gasteiger charge is -2.17. The first-order valence-corrected chi connectivity index (χ1v) is 6.45. The summed E-state index contributed by atoms with van der Waals surface area (Å²) in [4.78, 5) is 24.1. The van der Waals surface area contributed by atoms with Crippen molar-refractivity contribution >= 4 is 17.6 Å². The summed E-state index contributed by atoms with van der Waals surface area (Å²) < 4.78 is 5.44. The van der Waals surface area contributed by atoms with Crippen molar-refractivity contribution in [1.82, 2.24) is 0 Å². The zero-order valence-corrected chi connectivity index (χ0v) is 10.5. The maximum Gasteiger partial charge on any atom is 0.339 e. The van der Waals surface area contributed by atoms with Gasteiger partial charge < -0.3 is 10.1 Å². The molecule has 4 rings (SSSR count). The molecule has 1 amide bonds. The highest BCUT2D eigenvalue weighted by molar-refractivity contribution is 6.04. The van der Waals surface area contributed by atoms with Gasteiger partial charge in [-0.05, 0) is 17.7 Å². The number of ether oxygens (including phenoxy) is 1. The van der Waals surface area contributed by atoms with E-state index in [-0.39, 0.29) is 11.9 Å². The minimum atomic E-state index is -0.539. The number of cyclic esters (lactones) is 1. The Morgan fingerprint density at radius 3 is 2.45 bits per heavy atom. The summed E-state index contributed by atoms with van der Waals surface area (Å²) in [7, 11) is 0. The lowest BCUT2D eigenvalue weighted by Crippen LogP contribution is -2.19. The topological polar surface area (TPSA) is 55.4 Å². The number of rotatable bonds is 1. The predicted molar refractivity (Wildman–Crippen MR) is 72.4 cm³/mol. The maximum atomic E-state index is 12.2. The van der Waals surface area contributed by atoms with Crippen LogP contribution in [-0.4, -0.2) is 11.9 Å². The molecule has 0 aromatic heterocycles. The highest BCUT2D eigenvalue weighted by atomic mass is 16.5. The lowest BCUT2D eigenvalue weighted by molar-refractivity contribution is -0.119. The second-order valence-corrected chi connectivity index (χ2v) is 4.97. The third kappa shape index (κ3) is 1.42. The highest BCUT2D eigenvalue weighted by Crippen LogP contribution is 2.46. The van der Waals surface area contributed by atoms with E-state index >= 15 is 0 Å². The number of amides is 1. The molecule has 2 aromatic carbocycles. The van der Waals surface area contributed by atoms with Crippen molar-refractivity contribution in [2.24, 2.45) is 0 Å². The molecule has 0 saturated heterocycles. The van der Waals surface area contributed by atoms with Gasteiger partial charge in [-0.25, -0.2) is 4.79 Å². The van der Waals surface area contributed by atoms with E-state index < -0.39 is 12.0 Å². The number of anilines is 1. The molecule has 2 heterocycles. The van der Waals surface area contributed by atoms with Gasteiger partial charge in [-0.3, -0.25) is 4.79 Å². The van der Waals surface area contributed by atoms with Gasteiger partial charge in [0.1, 0.15) is 12.0 Å². The first-order valence-electron chi connectivity index (χ1n) is 6.45. The summed E-state index contributed by atoms with van der Waals surface area (Å²) in [6, 6.07) is 14.7. The average Bonchev–Trinajstić information content (AvgIpc) is 2.96. The smallest absolute Gasteiger partial charge is 0.339 e. The van der Waals surface area contributed by atoms with Crippen molar-refractivity contribution in [3.8, 4) is 0 Å². The number of hydrogen-bond acceptors (Lipinski definition) is 3. The molecule has 1 N–H and O–H groups in total. The Morgan fingerprint density at radius 2 is 1.60 bits per heavy atom. The van der Waals surface area contributed by atoms with Crippen molar-refractivity contribution in [3.63, 3.8) is 0 Å². The molecule has 2 aliphatic heterocycles. The number of fused-ring (bicyclic) bond motifs is 2. The van der Waals surface area contributed by atoms with Crippen LogP contribution < -0.4 is 5.32 Å². The molecule has 0 fully saturated rings. The molecule has 2 unspecified atom stereocenters. The molecular weight excluding hydrogens is 254 g/mol. The number of carbonyl (C=O) groups is 2. The van der Waals surface area contributed by atoms with Gasteiger partial charge in [-0.2, -0.15) is 0 Å². The Labute approximate surface area is 115 Å². The van der Waals surface area contributed by atoms with E-state index in [2.05, 4.69) is 5.32 Å².